The van der Waals surface area contributed by atoms with Crippen molar-refractivity contribution in [3.63, 3.8) is 0 Å². The van der Waals surface area contributed by atoms with E-state index < -0.39 is 5.54 Å². The molecule has 3 rings (SSSR count). The number of nitrogens with one attached hydrogen (secondary N) is 5. The maximum atomic E-state index is 13.0. The Bertz CT molecular complexity index is 918. The Morgan fingerprint density at radius 3 is 2.57 bits per heavy atom. The third-order valence-electron chi connectivity index (χ3n) is 6.68. The van der Waals surface area contributed by atoms with Crippen molar-refractivity contribution in [1.82, 2.24) is 26.4 Å². The van der Waals surface area contributed by atoms with Crippen LogP contribution in [0.15, 0.2) is 48.1 Å². The monoisotopic (exact) mass is 482 g/mol. The fourth-order valence-electron chi connectivity index (χ4n) is 4.46. The van der Waals surface area contributed by atoms with Crippen LogP contribution in [0.3, 0.4) is 0 Å². The van der Waals surface area contributed by atoms with Crippen molar-refractivity contribution in [2.75, 3.05) is 39.9 Å². The molecule has 0 spiro atoms. The molecule has 8 nitrogen and oxygen atoms in total. The van der Waals surface area contributed by atoms with E-state index in [9.17, 15) is 4.79 Å². The molecule has 3 atom stereocenters. The van der Waals surface area contributed by atoms with E-state index in [0.29, 0.717) is 17.8 Å². The van der Waals surface area contributed by atoms with Gasteiger partial charge in [0.15, 0.2) is 0 Å². The van der Waals surface area contributed by atoms with E-state index in [1.165, 1.54) is 5.56 Å². The van der Waals surface area contributed by atoms with Gasteiger partial charge in [0.2, 0.25) is 0 Å². The molecule has 0 aromatic heterocycles. The first-order valence-electron chi connectivity index (χ1n) is 12.5. The van der Waals surface area contributed by atoms with Crippen molar-refractivity contribution in [2.45, 2.75) is 51.9 Å². The number of amides is 1. The lowest BCUT2D eigenvalue weighted by Gasteiger charge is -2.36. The molecule has 8 heteroatoms. The van der Waals surface area contributed by atoms with Crippen LogP contribution in [0, 0.1) is 18.3 Å². The van der Waals surface area contributed by atoms with Crippen LogP contribution in [0.2, 0.25) is 0 Å². The SMILES string of the molecule is CNNC(NC(C)(C)CNC(=O)C1=CC(N2CCOCC2)CC=C1)C(C)C(=N)c1ccc(C)cc1. The average Bonchev–Trinajstić information content (AvgIpc) is 2.87. The van der Waals surface area contributed by atoms with Crippen LogP contribution in [-0.4, -0.2) is 74.2 Å². The van der Waals surface area contributed by atoms with Crippen LogP contribution in [0.25, 0.3) is 0 Å². The summed E-state index contributed by atoms with van der Waals surface area (Å²) in [4.78, 5) is 15.4. The van der Waals surface area contributed by atoms with Crippen molar-refractivity contribution in [3.05, 3.63) is 59.2 Å². The van der Waals surface area contributed by atoms with Gasteiger partial charge in [-0.05, 0) is 39.8 Å². The molecule has 1 heterocycles. The molecule has 1 aliphatic carbocycles. The number of hydrazine groups is 1. The lowest BCUT2D eigenvalue weighted by molar-refractivity contribution is -0.117. The summed E-state index contributed by atoms with van der Waals surface area (Å²) in [6, 6.07) is 8.29. The van der Waals surface area contributed by atoms with E-state index in [2.05, 4.69) is 52.4 Å². The molecule has 0 bridgehead atoms. The van der Waals surface area contributed by atoms with Gasteiger partial charge < -0.3 is 15.5 Å². The lowest BCUT2D eigenvalue weighted by atomic mass is 9.93. The molecule has 0 radical (unpaired) electrons. The zero-order chi connectivity index (χ0) is 25.4. The molecule has 1 fully saturated rings. The van der Waals surface area contributed by atoms with Gasteiger partial charge in [0.05, 0.1) is 19.4 Å². The number of rotatable bonds is 11. The number of benzene rings is 1. The third-order valence-corrected chi connectivity index (χ3v) is 6.68. The van der Waals surface area contributed by atoms with Gasteiger partial charge in [0.25, 0.3) is 5.91 Å². The van der Waals surface area contributed by atoms with E-state index in [1.54, 1.807) is 0 Å². The molecule has 0 saturated carbocycles. The smallest absolute Gasteiger partial charge is 0.251 e. The van der Waals surface area contributed by atoms with E-state index in [-0.39, 0.29) is 24.0 Å². The minimum atomic E-state index is -0.408. The van der Waals surface area contributed by atoms with Gasteiger partial charge in [0, 0.05) is 48.4 Å². The summed E-state index contributed by atoms with van der Waals surface area (Å²) in [6.45, 7) is 11.9. The van der Waals surface area contributed by atoms with Crippen LogP contribution in [-0.2, 0) is 9.53 Å². The largest absolute Gasteiger partial charge is 0.379 e. The highest BCUT2D eigenvalue weighted by atomic mass is 16.5. The van der Waals surface area contributed by atoms with E-state index >= 15 is 0 Å². The first-order chi connectivity index (χ1) is 16.7. The Hall–Kier alpha value is -2.36. The second-order valence-electron chi connectivity index (χ2n) is 10.1. The van der Waals surface area contributed by atoms with Crippen molar-refractivity contribution < 1.29 is 9.53 Å². The number of nitrogens with zero attached hydrogens (tertiary/aromatic N) is 1. The maximum absolute atomic E-state index is 13.0. The summed E-state index contributed by atoms with van der Waals surface area (Å²) in [5, 5.41) is 15.4. The summed E-state index contributed by atoms with van der Waals surface area (Å²) in [5.74, 6) is -0.175. The standard InChI is InChI=1S/C27H42N6O2/c1-19-9-11-21(12-10-19)24(28)20(2)25(32-29-5)31-27(3,4)18-30-26(34)22-7-6-8-23(17-22)33-13-15-35-16-14-33/h6-7,9-12,17,20,23,25,28-29,31-32H,8,13-16,18H2,1-5H3,(H,30,34). The molecule has 2 aliphatic rings. The lowest BCUT2D eigenvalue weighted by Crippen LogP contribution is -2.62. The van der Waals surface area contributed by atoms with E-state index in [4.69, 9.17) is 10.1 Å². The Balaban J connectivity index is 1.58. The number of ether oxygens (including phenoxy) is 1. The predicted molar refractivity (Wildman–Crippen MR) is 141 cm³/mol. The van der Waals surface area contributed by atoms with Crippen molar-refractivity contribution in [2.24, 2.45) is 5.92 Å². The Labute approximate surface area is 210 Å². The van der Waals surface area contributed by atoms with Crippen molar-refractivity contribution in [3.8, 4) is 0 Å². The van der Waals surface area contributed by atoms with Gasteiger partial charge in [-0.3, -0.25) is 20.4 Å². The predicted octanol–water partition coefficient (Wildman–Crippen LogP) is 2.12. The van der Waals surface area contributed by atoms with E-state index in [0.717, 1.165) is 38.3 Å². The van der Waals surface area contributed by atoms with Gasteiger partial charge in [0.1, 0.15) is 0 Å². The van der Waals surface area contributed by atoms with Gasteiger partial charge in [-0.15, -0.1) is 0 Å². The Morgan fingerprint density at radius 2 is 1.91 bits per heavy atom. The van der Waals surface area contributed by atoms with Crippen LogP contribution < -0.4 is 21.5 Å². The second kappa shape index (κ2) is 12.6. The van der Waals surface area contributed by atoms with Crippen LogP contribution in [0.1, 0.15) is 38.3 Å². The van der Waals surface area contributed by atoms with Crippen molar-refractivity contribution in [1.29, 1.82) is 5.41 Å². The van der Waals surface area contributed by atoms with Gasteiger partial charge in [-0.25, -0.2) is 5.43 Å². The van der Waals surface area contributed by atoms with Crippen molar-refractivity contribution >= 4 is 11.6 Å². The van der Waals surface area contributed by atoms with Crippen LogP contribution >= 0.6 is 0 Å². The molecule has 1 aromatic carbocycles. The topological polar surface area (TPSA) is 102 Å². The fourth-order valence-corrected chi connectivity index (χ4v) is 4.46. The average molecular weight is 483 g/mol. The van der Waals surface area contributed by atoms with Gasteiger partial charge in [-0.2, -0.15) is 0 Å². The first kappa shape index (κ1) is 27.2. The Morgan fingerprint density at radius 1 is 1.23 bits per heavy atom. The highest BCUT2D eigenvalue weighted by Crippen LogP contribution is 2.18. The summed E-state index contributed by atoms with van der Waals surface area (Å²) < 4.78 is 5.46. The summed E-state index contributed by atoms with van der Waals surface area (Å²) in [7, 11) is 1.82. The first-order valence-corrected chi connectivity index (χ1v) is 12.5. The zero-order valence-corrected chi connectivity index (χ0v) is 21.8. The number of aryl methyl sites for hydroxylation is 1. The van der Waals surface area contributed by atoms with Crippen LogP contribution in [0.5, 0.6) is 0 Å². The number of morpholine rings is 1. The normalized spacial score (nSPS) is 20.7. The number of carbonyl (C=O) groups is 1. The molecule has 1 aliphatic heterocycles. The maximum Gasteiger partial charge on any atom is 0.251 e. The quantitative estimate of drug-likeness (QED) is 0.188. The van der Waals surface area contributed by atoms with Crippen LogP contribution in [0.4, 0.5) is 0 Å². The third kappa shape index (κ3) is 7.81. The zero-order valence-electron chi connectivity index (χ0n) is 21.8. The fraction of sp³-hybridized carbons (Fsp3) is 0.556. The molecule has 5 N–H and O–H groups in total. The molecule has 3 unspecified atom stereocenters. The minimum Gasteiger partial charge on any atom is -0.379 e. The number of hydrogen-bond donors (Lipinski definition) is 5. The second-order valence-corrected chi connectivity index (χ2v) is 10.1. The molecular formula is C27H42N6O2. The summed E-state index contributed by atoms with van der Waals surface area (Å²) in [6.07, 6.45) is 6.80. The van der Waals surface area contributed by atoms with E-state index in [1.807, 2.05) is 51.2 Å². The van der Waals surface area contributed by atoms with Gasteiger partial charge >= 0.3 is 0 Å². The number of carbonyl (C=O) groups excluding carboxylic acids is 1. The van der Waals surface area contributed by atoms with Gasteiger partial charge in [-0.1, -0.05) is 55.0 Å². The number of hydrogen-bond acceptors (Lipinski definition) is 7. The summed E-state index contributed by atoms with van der Waals surface area (Å²) >= 11 is 0. The molecule has 1 amide bonds. The highest BCUT2D eigenvalue weighted by molar-refractivity contribution is 6.00. The Kier molecular flexibility index (Phi) is 9.77. The molecule has 192 valence electrons. The molecule has 1 aromatic rings. The summed E-state index contributed by atoms with van der Waals surface area (Å²) in [5.41, 5.74) is 9.19. The highest BCUT2D eigenvalue weighted by Gasteiger charge is 2.29. The molecule has 1 saturated heterocycles. The molecule has 35 heavy (non-hydrogen) atoms. The minimum absolute atomic E-state index is 0.0624. The molecular weight excluding hydrogens is 440 g/mol.